The van der Waals surface area contributed by atoms with Gasteiger partial charge in [0.1, 0.15) is 5.82 Å². The molecule has 0 aliphatic carbocycles. The SMILES string of the molecule is CCN(CC)CCNC(C)(CO)c1ccccc1F. The Morgan fingerprint density at radius 2 is 1.89 bits per heavy atom. The molecule has 0 spiro atoms. The third kappa shape index (κ3) is 4.27. The van der Waals surface area contributed by atoms with E-state index in [0.717, 1.165) is 19.6 Å². The monoisotopic (exact) mass is 268 g/mol. The number of aliphatic hydroxyl groups is 1. The summed E-state index contributed by atoms with van der Waals surface area (Å²) in [5.74, 6) is -0.283. The number of aliphatic hydroxyl groups excluding tert-OH is 1. The molecule has 0 saturated carbocycles. The van der Waals surface area contributed by atoms with E-state index in [1.165, 1.54) is 6.07 Å². The maximum Gasteiger partial charge on any atom is 0.128 e. The first-order chi connectivity index (χ1) is 9.07. The molecule has 108 valence electrons. The third-order valence-electron chi connectivity index (χ3n) is 3.62. The van der Waals surface area contributed by atoms with Crippen LogP contribution in [0.1, 0.15) is 26.3 Å². The molecule has 1 aromatic rings. The Hall–Kier alpha value is -0.970. The van der Waals surface area contributed by atoms with Crippen molar-refractivity contribution in [1.29, 1.82) is 0 Å². The highest BCUT2D eigenvalue weighted by atomic mass is 19.1. The summed E-state index contributed by atoms with van der Waals surface area (Å²) < 4.78 is 13.8. The molecule has 2 N–H and O–H groups in total. The number of rotatable bonds is 8. The lowest BCUT2D eigenvalue weighted by Crippen LogP contribution is -2.46. The molecule has 0 aliphatic rings. The van der Waals surface area contributed by atoms with Gasteiger partial charge in [0, 0.05) is 18.7 Å². The number of nitrogens with zero attached hydrogens (tertiary/aromatic N) is 1. The molecule has 1 atom stereocenters. The first-order valence-electron chi connectivity index (χ1n) is 6.90. The molecule has 0 amide bonds. The van der Waals surface area contributed by atoms with E-state index in [9.17, 15) is 9.50 Å². The molecule has 1 aromatic carbocycles. The van der Waals surface area contributed by atoms with Gasteiger partial charge in [0.2, 0.25) is 0 Å². The standard InChI is InChI=1S/C15H25FN2O/c1-4-18(5-2)11-10-17-15(3,12-19)13-8-6-7-9-14(13)16/h6-9,17,19H,4-5,10-12H2,1-3H3. The normalized spacial score (nSPS) is 14.6. The average Bonchev–Trinajstić information content (AvgIpc) is 2.44. The van der Waals surface area contributed by atoms with Gasteiger partial charge in [-0.15, -0.1) is 0 Å². The van der Waals surface area contributed by atoms with Crippen molar-refractivity contribution in [2.24, 2.45) is 0 Å². The summed E-state index contributed by atoms with van der Waals surface area (Å²) in [6.07, 6.45) is 0. The van der Waals surface area contributed by atoms with Crippen LogP contribution in [0.5, 0.6) is 0 Å². The van der Waals surface area contributed by atoms with E-state index in [1.54, 1.807) is 18.2 Å². The second kappa shape index (κ2) is 7.58. The zero-order chi connectivity index (χ0) is 14.3. The van der Waals surface area contributed by atoms with Gasteiger partial charge >= 0.3 is 0 Å². The molecule has 0 bridgehead atoms. The van der Waals surface area contributed by atoms with E-state index in [0.29, 0.717) is 12.1 Å². The van der Waals surface area contributed by atoms with Crippen LogP contribution in [0.25, 0.3) is 0 Å². The fraction of sp³-hybridized carbons (Fsp3) is 0.600. The van der Waals surface area contributed by atoms with Crippen molar-refractivity contribution >= 4 is 0 Å². The van der Waals surface area contributed by atoms with Gasteiger partial charge in [0.15, 0.2) is 0 Å². The lowest BCUT2D eigenvalue weighted by molar-refractivity contribution is 0.165. The Labute approximate surface area is 115 Å². The topological polar surface area (TPSA) is 35.5 Å². The van der Waals surface area contributed by atoms with E-state index in [1.807, 2.05) is 6.92 Å². The van der Waals surface area contributed by atoms with Crippen LogP contribution in [0.4, 0.5) is 4.39 Å². The van der Waals surface area contributed by atoms with E-state index < -0.39 is 5.54 Å². The second-order valence-electron chi connectivity index (χ2n) is 4.92. The van der Waals surface area contributed by atoms with Crippen LogP contribution in [0.2, 0.25) is 0 Å². The number of hydrogen-bond acceptors (Lipinski definition) is 3. The highest BCUT2D eigenvalue weighted by Crippen LogP contribution is 2.22. The summed E-state index contributed by atoms with van der Waals surface area (Å²) >= 11 is 0. The minimum Gasteiger partial charge on any atom is -0.394 e. The predicted molar refractivity (Wildman–Crippen MR) is 76.6 cm³/mol. The van der Waals surface area contributed by atoms with Crippen molar-refractivity contribution in [3.63, 3.8) is 0 Å². The Kier molecular flexibility index (Phi) is 6.42. The maximum atomic E-state index is 13.8. The minimum atomic E-state index is -0.738. The summed E-state index contributed by atoms with van der Waals surface area (Å²) in [5.41, 5.74) is -0.226. The predicted octanol–water partition coefficient (Wildman–Crippen LogP) is 1.96. The molecule has 1 unspecified atom stereocenters. The summed E-state index contributed by atoms with van der Waals surface area (Å²) in [7, 11) is 0. The molecule has 0 fully saturated rings. The molecule has 0 aromatic heterocycles. The fourth-order valence-electron chi connectivity index (χ4n) is 2.17. The highest BCUT2D eigenvalue weighted by Gasteiger charge is 2.27. The number of halogens is 1. The summed E-state index contributed by atoms with van der Waals surface area (Å²) in [6, 6.07) is 6.59. The van der Waals surface area contributed by atoms with Crippen molar-refractivity contribution in [1.82, 2.24) is 10.2 Å². The number of nitrogens with one attached hydrogen (secondary N) is 1. The molecule has 1 rings (SSSR count). The lowest BCUT2D eigenvalue weighted by Gasteiger charge is -2.31. The minimum absolute atomic E-state index is 0.133. The van der Waals surface area contributed by atoms with Crippen molar-refractivity contribution < 1.29 is 9.50 Å². The van der Waals surface area contributed by atoms with Gasteiger partial charge in [-0.25, -0.2) is 4.39 Å². The quantitative estimate of drug-likeness (QED) is 0.756. The number of benzene rings is 1. The van der Waals surface area contributed by atoms with Crippen LogP contribution in [-0.4, -0.2) is 42.8 Å². The Morgan fingerprint density at radius 1 is 1.26 bits per heavy atom. The number of likely N-dealkylation sites (N-methyl/N-ethyl adjacent to an activating group) is 1. The van der Waals surface area contributed by atoms with Crippen LogP contribution in [-0.2, 0) is 5.54 Å². The van der Waals surface area contributed by atoms with Crippen molar-refractivity contribution in [2.45, 2.75) is 26.3 Å². The zero-order valence-corrected chi connectivity index (χ0v) is 12.1. The third-order valence-corrected chi connectivity index (χ3v) is 3.62. The van der Waals surface area contributed by atoms with Crippen molar-refractivity contribution in [2.75, 3.05) is 32.8 Å². The van der Waals surface area contributed by atoms with E-state index in [4.69, 9.17) is 0 Å². The molecule has 0 radical (unpaired) electrons. The van der Waals surface area contributed by atoms with Crippen molar-refractivity contribution in [3.05, 3.63) is 35.6 Å². The fourth-order valence-corrected chi connectivity index (χ4v) is 2.17. The van der Waals surface area contributed by atoms with E-state index in [2.05, 4.69) is 24.1 Å². The first-order valence-corrected chi connectivity index (χ1v) is 6.90. The van der Waals surface area contributed by atoms with Gasteiger partial charge in [0.25, 0.3) is 0 Å². The highest BCUT2D eigenvalue weighted by molar-refractivity contribution is 5.25. The van der Waals surface area contributed by atoms with Crippen LogP contribution in [0.3, 0.4) is 0 Å². The van der Waals surface area contributed by atoms with Gasteiger partial charge in [-0.2, -0.15) is 0 Å². The molecule has 4 heteroatoms. The zero-order valence-electron chi connectivity index (χ0n) is 12.1. The van der Waals surface area contributed by atoms with Gasteiger partial charge in [-0.1, -0.05) is 32.0 Å². The Bertz CT molecular complexity index is 382. The first kappa shape index (κ1) is 16.1. The van der Waals surface area contributed by atoms with Gasteiger partial charge in [0.05, 0.1) is 12.1 Å². The Balaban J connectivity index is 2.68. The van der Waals surface area contributed by atoms with Gasteiger partial charge in [-0.05, 0) is 26.1 Å². The van der Waals surface area contributed by atoms with Crippen LogP contribution in [0.15, 0.2) is 24.3 Å². The lowest BCUT2D eigenvalue weighted by atomic mass is 9.92. The molecule has 0 aliphatic heterocycles. The average molecular weight is 268 g/mol. The molecular weight excluding hydrogens is 243 g/mol. The Morgan fingerprint density at radius 3 is 2.42 bits per heavy atom. The second-order valence-corrected chi connectivity index (χ2v) is 4.92. The van der Waals surface area contributed by atoms with Gasteiger partial charge < -0.3 is 15.3 Å². The van der Waals surface area contributed by atoms with Crippen LogP contribution >= 0.6 is 0 Å². The molecule has 0 saturated heterocycles. The molecule has 0 heterocycles. The molecular formula is C15H25FN2O. The summed E-state index contributed by atoms with van der Waals surface area (Å²) in [6.45, 7) is 9.52. The largest absolute Gasteiger partial charge is 0.394 e. The van der Waals surface area contributed by atoms with E-state index in [-0.39, 0.29) is 12.4 Å². The van der Waals surface area contributed by atoms with Gasteiger partial charge in [-0.3, -0.25) is 0 Å². The smallest absolute Gasteiger partial charge is 0.128 e. The molecule has 3 nitrogen and oxygen atoms in total. The number of hydrogen-bond donors (Lipinski definition) is 2. The summed E-state index contributed by atoms with van der Waals surface area (Å²) in [5, 5.41) is 12.9. The summed E-state index contributed by atoms with van der Waals surface area (Å²) in [4.78, 5) is 2.28. The van der Waals surface area contributed by atoms with E-state index >= 15 is 0 Å². The molecule has 19 heavy (non-hydrogen) atoms. The van der Waals surface area contributed by atoms with Crippen LogP contribution < -0.4 is 5.32 Å². The van der Waals surface area contributed by atoms with Crippen LogP contribution in [0, 0.1) is 5.82 Å². The van der Waals surface area contributed by atoms with Crippen molar-refractivity contribution in [3.8, 4) is 0 Å². The maximum absolute atomic E-state index is 13.8.